The molecular formula is C31H42BrN3O5S. The summed E-state index contributed by atoms with van der Waals surface area (Å²) in [7, 11) is 0. The van der Waals surface area contributed by atoms with Crippen LogP contribution in [0.5, 0.6) is 5.75 Å². The van der Waals surface area contributed by atoms with Crippen LogP contribution in [-0.2, 0) is 14.4 Å². The van der Waals surface area contributed by atoms with Crippen molar-refractivity contribution in [1.82, 2.24) is 9.80 Å². The molecule has 0 aromatic heterocycles. The van der Waals surface area contributed by atoms with E-state index in [1.54, 1.807) is 38.6 Å². The summed E-state index contributed by atoms with van der Waals surface area (Å²) in [6.45, 7) is 13.7. The molecule has 6 atom stereocenters. The molecule has 8 nitrogen and oxygen atoms in total. The van der Waals surface area contributed by atoms with Gasteiger partial charge in [-0.3, -0.25) is 14.4 Å². The number of thioether (sulfide) groups is 1. The van der Waals surface area contributed by atoms with Crippen molar-refractivity contribution >= 4 is 51.1 Å². The van der Waals surface area contributed by atoms with Crippen molar-refractivity contribution < 1.29 is 24.2 Å². The number of amides is 3. The lowest BCUT2D eigenvalue weighted by Gasteiger charge is -2.38. The zero-order chi connectivity index (χ0) is 29.7. The molecule has 0 aliphatic carbocycles. The van der Waals surface area contributed by atoms with Crippen LogP contribution in [0.3, 0.4) is 0 Å². The number of fused-ring (bicyclic) bond motifs is 1. The highest BCUT2D eigenvalue weighted by molar-refractivity contribution is 9.09. The molecule has 3 heterocycles. The monoisotopic (exact) mass is 647 g/mol. The smallest absolute Gasteiger partial charge is 0.247 e. The van der Waals surface area contributed by atoms with Gasteiger partial charge >= 0.3 is 0 Å². The maximum absolute atomic E-state index is 14.4. The Balaban J connectivity index is 1.73. The second kappa shape index (κ2) is 13.8. The molecule has 1 spiro atoms. The van der Waals surface area contributed by atoms with E-state index in [2.05, 4.69) is 36.0 Å². The number of aliphatic hydroxyl groups excluding tert-OH is 1. The molecule has 4 rings (SSSR count). The second-order valence-electron chi connectivity index (χ2n) is 10.9. The van der Waals surface area contributed by atoms with Crippen LogP contribution in [0.25, 0.3) is 0 Å². The third-order valence-corrected chi connectivity index (χ3v) is 11.6. The number of hydrogen-bond donors (Lipinski definition) is 1. The van der Waals surface area contributed by atoms with Gasteiger partial charge < -0.3 is 24.5 Å². The van der Waals surface area contributed by atoms with Crippen molar-refractivity contribution in [1.29, 1.82) is 0 Å². The lowest BCUT2D eigenvalue weighted by molar-refractivity contribution is -0.142. The van der Waals surface area contributed by atoms with E-state index in [-0.39, 0.29) is 41.0 Å². The Morgan fingerprint density at radius 1 is 1.17 bits per heavy atom. The van der Waals surface area contributed by atoms with Crippen molar-refractivity contribution in [3.8, 4) is 5.75 Å². The summed E-state index contributed by atoms with van der Waals surface area (Å²) in [5, 5.41) is 9.49. The summed E-state index contributed by atoms with van der Waals surface area (Å²) in [5.74, 6) is -0.907. The van der Waals surface area contributed by atoms with Gasteiger partial charge in [0.15, 0.2) is 0 Å². The summed E-state index contributed by atoms with van der Waals surface area (Å²) in [4.78, 5) is 48.1. The van der Waals surface area contributed by atoms with Crippen LogP contribution < -0.4 is 9.64 Å². The van der Waals surface area contributed by atoms with Gasteiger partial charge in [-0.05, 0) is 50.5 Å². The normalized spacial score (nSPS) is 28.0. The quantitative estimate of drug-likeness (QED) is 0.226. The molecule has 41 heavy (non-hydrogen) atoms. The van der Waals surface area contributed by atoms with Crippen molar-refractivity contribution in [2.75, 3.05) is 44.3 Å². The third kappa shape index (κ3) is 5.84. The molecule has 3 saturated heterocycles. The molecule has 10 heteroatoms. The number of rotatable bonds is 15. The molecule has 3 aliphatic heterocycles. The fourth-order valence-electron chi connectivity index (χ4n) is 6.66. The molecule has 1 aromatic carbocycles. The Labute approximate surface area is 256 Å². The topological polar surface area (TPSA) is 90.4 Å². The van der Waals surface area contributed by atoms with Crippen LogP contribution in [0, 0.1) is 11.8 Å². The lowest BCUT2D eigenvalue weighted by Crippen LogP contribution is -2.56. The van der Waals surface area contributed by atoms with Gasteiger partial charge in [0.25, 0.3) is 0 Å². The van der Waals surface area contributed by atoms with Crippen molar-refractivity contribution in [2.45, 2.75) is 60.4 Å². The first-order valence-electron chi connectivity index (χ1n) is 14.6. The van der Waals surface area contributed by atoms with Gasteiger partial charge in [0.2, 0.25) is 17.7 Å². The molecule has 2 bridgehead atoms. The van der Waals surface area contributed by atoms with E-state index in [4.69, 9.17) is 4.74 Å². The number of likely N-dealkylation sites (tertiary alicyclic amines) is 1. The second-order valence-corrected chi connectivity index (χ2v) is 13.6. The minimum atomic E-state index is -0.729. The maximum Gasteiger partial charge on any atom is 0.247 e. The van der Waals surface area contributed by atoms with Crippen LogP contribution in [0.4, 0.5) is 5.69 Å². The first-order chi connectivity index (χ1) is 19.8. The van der Waals surface area contributed by atoms with Gasteiger partial charge in [0, 0.05) is 48.6 Å². The summed E-state index contributed by atoms with van der Waals surface area (Å²) in [6.07, 6.45) is 6.19. The SMILES string of the molecule is C=CCN(CCCC)C(=O)C1N(CCCO)C(=O)[C@@H]2[C@H](C(=O)N(CC=C)c3ccc(OCC)cc3)[C@H]3SC12CC3Br. The fraction of sp³-hybridized carbons (Fsp3) is 0.581. The zero-order valence-electron chi connectivity index (χ0n) is 24.0. The van der Waals surface area contributed by atoms with Crippen molar-refractivity contribution in [2.24, 2.45) is 11.8 Å². The number of benzene rings is 1. The van der Waals surface area contributed by atoms with E-state index in [0.717, 1.165) is 18.6 Å². The molecule has 3 amide bonds. The van der Waals surface area contributed by atoms with Crippen LogP contribution in [0.2, 0.25) is 0 Å². The van der Waals surface area contributed by atoms with E-state index in [1.807, 2.05) is 31.2 Å². The predicted octanol–water partition coefficient (Wildman–Crippen LogP) is 4.27. The van der Waals surface area contributed by atoms with Crippen molar-refractivity contribution in [3.63, 3.8) is 0 Å². The van der Waals surface area contributed by atoms with Crippen LogP contribution in [-0.4, -0.2) is 92.9 Å². The van der Waals surface area contributed by atoms with E-state index < -0.39 is 22.6 Å². The van der Waals surface area contributed by atoms with Crippen molar-refractivity contribution in [3.05, 3.63) is 49.6 Å². The molecule has 224 valence electrons. The summed E-state index contributed by atoms with van der Waals surface area (Å²) >= 11 is 5.48. The van der Waals surface area contributed by atoms with Crippen LogP contribution in [0.1, 0.15) is 39.5 Å². The first-order valence-corrected chi connectivity index (χ1v) is 16.4. The van der Waals surface area contributed by atoms with Gasteiger partial charge in [0.05, 0.1) is 23.2 Å². The average Bonchev–Trinajstić information content (AvgIpc) is 3.56. The minimum Gasteiger partial charge on any atom is -0.494 e. The Hall–Kier alpha value is -2.30. The minimum absolute atomic E-state index is 0.0204. The first kappa shape index (κ1) is 31.6. The molecule has 0 radical (unpaired) electrons. The van der Waals surface area contributed by atoms with Gasteiger partial charge in [-0.2, -0.15) is 0 Å². The summed E-state index contributed by atoms with van der Waals surface area (Å²) < 4.78 is 4.85. The maximum atomic E-state index is 14.4. The highest BCUT2D eigenvalue weighted by atomic mass is 79.9. The van der Waals surface area contributed by atoms with Gasteiger partial charge in [-0.25, -0.2) is 0 Å². The Bertz CT molecular complexity index is 1130. The lowest BCUT2D eigenvalue weighted by atomic mass is 9.70. The number of aliphatic hydroxyl groups is 1. The number of unbranched alkanes of at least 4 members (excludes halogenated alkanes) is 1. The van der Waals surface area contributed by atoms with Gasteiger partial charge in [0.1, 0.15) is 11.8 Å². The molecule has 3 fully saturated rings. The Morgan fingerprint density at radius 2 is 1.88 bits per heavy atom. The highest BCUT2D eigenvalue weighted by Gasteiger charge is 2.76. The number of carbonyl (C=O) groups excluding carboxylic acids is 3. The van der Waals surface area contributed by atoms with E-state index in [0.29, 0.717) is 44.8 Å². The number of carbonyl (C=O) groups is 3. The predicted molar refractivity (Wildman–Crippen MR) is 167 cm³/mol. The van der Waals surface area contributed by atoms with Crippen LogP contribution >= 0.6 is 27.7 Å². The molecule has 3 unspecified atom stereocenters. The number of alkyl halides is 1. The van der Waals surface area contributed by atoms with E-state index in [1.165, 1.54) is 0 Å². The molecule has 3 aliphatic rings. The number of halogens is 1. The average molecular weight is 649 g/mol. The zero-order valence-corrected chi connectivity index (χ0v) is 26.4. The molecular weight excluding hydrogens is 606 g/mol. The molecule has 0 saturated carbocycles. The Kier molecular flexibility index (Phi) is 10.6. The fourth-order valence-corrected chi connectivity index (χ4v) is 10.3. The number of hydrogen-bond acceptors (Lipinski definition) is 6. The largest absolute Gasteiger partial charge is 0.494 e. The summed E-state index contributed by atoms with van der Waals surface area (Å²) in [5.41, 5.74) is 0.707. The van der Waals surface area contributed by atoms with Gasteiger partial charge in [-0.1, -0.05) is 41.4 Å². The van der Waals surface area contributed by atoms with E-state index in [9.17, 15) is 19.5 Å². The summed E-state index contributed by atoms with van der Waals surface area (Å²) in [6, 6.07) is 6.68. The number of ether oxygens (including phenoxy) is 1. The Morgan fingerprint density at radius 3 is 2.49 bits per heavy atom. The molecule has 1 aromatic rings. The molecule has 1 N–H and O–H groups in total. The third-order valence-electron chi connectivity index (χ3n) is 8.35. The van der Waals surface area contributed by atoms with Crippen LogP contribution in [0.15, 0.2) is 49.6 Å². The van der Waals surface area contributed by atoms with Gasteiger partial charge in [-0.15, -0.1) is 24.9 Å². The highest BCUT2D eigenvalue weighted by Crippen LogP contribution is 2.68. The van der Waals surface area contributed by atoms with E-state index >= 15 is 0 Å². The number of nitrogens with zero attached hydrogens (tertiary/aromatic N) is 3. The number of anilines is 1. The standard InChI is InChI=1S/C31H42BrN3O5S/c1-5-9-17-33(15-6-2)30(39)27-31-20-23(32)26(41-31)24(25(31)29(38)35(27)18-10-19-36)28(37)34(16-7-3)21-11-13-22(14-12-21)40-8-4/h6-7,11-14,23-27,36H,2-3,5,8-10,15-20H2,1,4H3/t23?,24-,25-,26-,27?,31?/m0/s1.